The normalized spacial score (nSPS) is 22.9. The molecular weight excluding hydrogens is 252 g/mol. The lowest BCUT2D eigenvalue weighted by Crippen LogP contribution is -2.53. The summed E-state index contributed by atoms with van der Waals surface area (Å²) in [6, 6.07) is -0.211. The van der Waals surface area contributed by atoms with Gasteiger partial charge < -0.3 is 5.11 Å². The third-order valence-corrected chi connectivity index (χ3v) is 6.00. The van der Waals surface area contributed by atoms with Gasteiger partial charge in [-0.2, -0.15) is 17.0 Å². The van der Waals surface area contributed by atoms with Crippen molar-refractivity contribution >= 4 is 10.2 Å². The van der Waals surface area contributed by atoms with E-state index in [4.69, 9.17) is 0 Å². The molecule has 108 valence electrons. The molecule has 0 aromatic rings. The molecule has 1 N–H and O–H groups in total. The van der Waals surface area contributed by atoms with Gasteiger partial charge in [0.15, 0.2) is 0 Å². The van der Waals surface area contributed by atoms with Crippen LogP contribution in [0.3, 0.4) is 0 Å². The minimum absolute atomic E-state index is 0.0382. The van der Waals surface area contributed by atoms with Crippen molar-refractivity contribution in [2.24, 2.45) is 0 Å². The Hall–Kier alpha value is -0.170. The van der Waals surface area contributed by atoms with Gasteiger partial charge in [-0.15, -0.1) is 0 Å². The molecule has 1 unspecified atom stereocenters. The number of hydrogen-bond donors (Lipinski definition) is 1. The standard InChI is InChI=1S/C12H26N2O3S/c1-4-11(5-2)13(3)18(16,17)14-9-7-6-8-12(14)10-15/h11-12,15H,4-10H2,1-3H3. The Morgan fingerprint density at radius 1 is 1.33 bits per heavy atom. The molecule has 0 aliphatic carbocycles. The van der Waals surface area contributed by atoms with E-state index in [1.54, 1.807) is 7.05 Å². The average Bonchev–Trinajstić information content (AvgIpc) is 2.39. The number of nitrogens with zero attached hydrogens (tertiary/aromatic N) is 2. The third-order valence-electron chi connectivity index (χ3n) is 3.90. The minimum Gasteiger partial charge on any atom is -0.395 e. The van der Waals surface area contributed by atoms with E-state index in [-0.39, 0.29) is 18.7 Å². The maximum absolute atomic E-state index is 12.6. The Bertz CT molecular complexity index is 341. The van der Waals surface area contributed by atoms with Gasteiger partial charge in [0.05, 0.1) is 6.61 Å². The molecule has 0 aromatic heterocycles. The molecule has 0 amide bonds. The Labute approximate surface area is 111 Å². The highest BCUT2D eigenvalue weighted by Gasteiger charge is 2.36. The van der Waals surface area contributed by atoms with Crippen LogP contribution in [0.1, 0.15) is 46.0 Å². The zero-order chi connectivity index (χ0) is 13.8. The van der Waals surface area contributed by atoms with Crippen molar-refractivity contribution in [3.05, 3.63) is 0 Å². The maximum atomic E-state index is 12.6. The Morgan fingerprint density at radius 2 is 1.94 bits per heavy atom. The lowest BCUT2D eigenvalue weighted by atomic mass is 10.1. The van der Waals surface area contributed by atoms with Crippen LogP contribution < -0.4 is 0 Å². The van der Waals surface area contributed by atoms with Gasteiger partial charge in [-0.1, -0.05) is 20.3 Å². The second-order valence-corrected chi connectivity index (χ2v) is 6.88. The lowest BCUT2D eigenvalue weighted by molar-refractivity contribution is 0.146. The van der Waals surface area contributed by atoms with Crippen molar-refractivity contribution in [2.45, 2.75) is 58.0 Å². The molecule has 1 aliphatic heterocycles. The van der Waals surface area contributed by atoms with E-state index >= 15 is 0 Å². The Balaban J connectivity index is 2.89. The summed E-state index contributed by atoms with van der Waals surface area (Å²) in [4.78, 5) is 0. The molecule has 5 nitrogen and oxygen atoms in total. The van der Waals surface area contributed by atoms with E-state index in [1.165, 1.54) is 8.61 Å². The van der Waals surface area contributed by atoms with Gasteiger partial charge in [0, 0.05) is 25.7 Å². The van der Waals surface area contributed by atoms with Gasteiger partial charge >= 0.3 is 0 Å². The van der Waals surface area contributed by atoms with Gasteiger partial charge in [0.25, 0.3) is 10.2 Å². The van der Waals surface area contributed by atoms with Crippen LogP contribution in [0.25, 0.3) is 0 Å². The second kappa shape index (κ2) is 6.84. The maximum Gasteiger partial charge on any atom is 0.282 e. The summed E-state index contributed by atoms with van der Waals surface area (Å²) in [5.74, 6) is 0. The molecule has 0 spiro atoms. The van der Waals surface area contributed by atoms with Gasteiger partial charge in [-0.05, 0) is 25.7 Å². The van der Waals surface area contributed by atoms with Crippen molar-refractivity contribution in [1.82, 2.24) is 8.61 Å². The van der Waals surface area contributed by atoms with E-state index < -0.39 is 10.2 Å². The highest BCUT2D eigenvalue weighted by atomic mass is 32.2. The molecule has 18 heavy (non-hydrogen) atoms. The fourth-order valence-corrected chi connectivity index (χ4v) is 4.53. The first kappa shape index (κ1) is 15.9. The van der Waals surface area contributed by atoms with E-state index in [0.717, 1.165) is 32.1 Å². The van der Waals surface area contributed by atoms with Crippen molar-refractivity contribution in [2.75, 3.05) is 20.2 Å². The smallest absolute Gasteiger partial charge is 0.282 e. The van der Waals surface area contributed by atoms with E-state index in [9.17, 15) is 13.5 Å². The van der Waals surface area contributed by atoms with Crippen molar-refractivity contribution in [1.29, 1.82) is 0 Å². The summed E-state index contributed by atoms with van der Waals surface area (Å²) in [7, 11) is -1.79. The van der Waals surface area contributed by atoms with Crippen LogP contribution >= 0.6 is 0 Å². The zero-order valence-corrected chi connectivity index (χ0v) is 12.5. The molecule has 0 radical (unpaired) electrons. The van der Waals surface area contributed by atoms with Crippen LogP contribution in [-0.2, 0) is 10.2 Å². The topological polar surface area (TPSA) is 60.9 Å². The van der Waals surface area contributed by atoms with Gasteiger partial charge in [-0.25, -0.2) is 0 Å². The first-order valence-electron chi connectivity index (χ1n) is 6.84. The molecule has 1 aliphatic rings. The number of hydrogen-bond acceptors (Lipinski definition) is 3. The number of piperidine rings is 1. The SMILES string of the molecule is CCC(CC)N(C)S(=O)(=O)N1CCCCC1CO. The van der Waals surface area contributed by atoms with E-state index in [0.29, 0.717) is 6.54 Å². The Kier molecular flexibility index (Phi) is 6.04. The quantitative estimate of drug-likeness (QED) is 0.794. The predicted octanol–water partition coefficient (Wildman–Crippen LogP) is 1.20. The average molecular weight is 278 g/mol. The van der Waals surface area contributed by atoms with Crippen LogP contribution in [0.5, 0.6) is 0 Å². The summed E-state index contributed by atoms with van der Waals surface area (Å²) >= 11 is 0. The van der Waals surface area contributed by atoms with Crippen LogP contribution in [0.4, 0.5) is 0 Å². The Morgan fingerprint density at radius 3 is 2.44 bits per heavy atom. The summed E-state index contributed by atoms with van der Waals surface area (Å²) in [5, 5.41) is 9.33. The molecule has 6 heteroatoms. The van der Waals surface area contributed by atoms with Crippen molar-refractivity contribution < 1.29 is 13.5 Å². The third kappa shape index (κ3) is 3.23. The second-order valence-electron chi connectivity index (χ2n) is 4.94. The molecule has 1 heterocycles. The largest absolute Gasteiger partial charge is 0.395 e. The molecule has 1 saturated heterocycles. The first-order chi connectivity index (χ1) is 8.48. The van der Waals surface area contributed by atoms with Crippen LogP contribution in [0.2, 0.25) is 0 Å². The summed E-state index contributed by atoms with van der Waals surface area (Å²) in [6.07, 6.45) is 4.25. The van der Waals surface area contributed by atoms with Crippen LogP contribution in [-0.4, -0.2) is 54.4 Å². The molecule has 0 bridgehead atoms. The summed E-state index contributed by atoms with van der Waals surface area (Å²) in [6.45, 7) is 4.44. The fourth-order valence-electron chi connectivity index (χ4n) is 2.62. The molecular formula is C12H26N2O3S. The minimum atomic E-state index is -3.44. The summed E-state index contributed by atoms with van der Waals surface area (Å²) in [5.41, 5.74) is 0. The van der Waals surface area contributed by atoms with Crippen molar-refractivity contribution in [3.63, 3.8) is 0 Å². The monoisotopic (exact) mass is 278 g/mol. The number of aliphatic hydroxyl groups excluding tert-OH is 1. The van der Waals surface area contributed by atoms with E-state index in [1.807, 2.05) is 13.8 Å². The highest BCUT2D eigenvalue weighted by Crippen LogP contribution is 2.24. The number of aliphatic hydroxyl groups is 1. The van der Waals surface area contributed by atoms with Crippen LogP contribution in [0.15, 0.2) is 0 Å². The van der Waals surface area contributed by atoms with Gasteiger partial charge in [0.2, 0.25) is 0 Å². The molecule has 0 aromatic carbocycles. The number of rotatable bonds is 6. The lowest BCUT2D eigenvalue weighted by Gasteiger charge is -2.38. The zero-order valence-electron chi connectivity index (χ0n) is 11.7. The van der Waals surface area contributed by atoms with Gasteiger partial charge in [0.1, 0.15) is 0 Å². The molecule has 1 atom stereocenters. The first-order valence-corrected chi connectivity index (χ1v) is 8.24. The van der Waals surface area contributed by atoms with E-state index in [2.05, 4.69) is 0 Å². The molecule has 0 saturated carbocycles. The molecule has 1 rings (SSSR count). The van der Waals surface area contributed by atoms with Gasteiger partial charge in [-0.3, -0.25) is 0 Å². The fraction of sp³-hybridized carbons (Fsp3) is 1.00. The summed E-state index contributed by atoms with van der Waals surface area (Å²) < 4.78 is 28.1. The highest BCUT2D eigenvalue weighted by molar-refractivity contribution is 7.86. The van der Waals surface area contributed by atoms with Crippen molar-refractivity contribution in [3.8, 4) is 0 Å². The van der Waals surface area contributed by atoms with Crippen LogP contribution in [0, 0.1) is 0 Å². The molecule has 1 fully saturated rings. The predicted molar refractivity (Wildman–Crippen MR) is 72.5 cm³/mol.